The van der Waals surface area contributed by atoms with Gasteiger partial charge in [0.05, 0.1) is 10.7 Å². The zero-order valence-electron chi connectivity index (χ0n) is 17.1. The number of nitrogens with zero attached hydrogens (tertiary/aromatic N) is 3. The third-order valence-electron chi connectivity index (χ3n) is 4.80. The molecular formula is C23H28N4OS. The van der Waals surface area contributed by atoms with Gasteiger partial charge in [-0.2, -0.15) is 0 Å². The van der Waals surface area contributed by atoms with Crippen molar-refractivity contribution in [3.05, 3.63) is 64.7 Å². The molecule has 2 heterocycles. The summed E-state index contributed by atoms with van der Waals surface area (Å²) in [5, 5.41) is 6.17. The summed E-state index contributed by atoms with van der Waals surface area (Å²) in [4.78, 5) is 23.3. The van der Waals surface area contributed by atoms with Gasteiger partial charge in [0.1, 0.15) is 0 Å². The minimum Gasteiger partial charge on any atom is -0.375 e. The number of aromatic nitrogens is 2. The van der Waals surface area contributed by atoms with Gasteiger partial charge in [0.2, 0.25) is 0 Å². The van der Waals surface area contributed by atoms with Crippen LogP contribution in [0, 0.1) is 0 Å². The number of benzene rings is 1. The van der Waals surface area contributed by atoms with E-state index >= 15 is 0 Å². The Morgan fingerprint density at radius 1 is 1.10 bits per heavy atom. The number of unbranched alkanes of at least 4 members (excludes halogenated alkanes) is 1. The van der Waals surface area contributed by atoms with Gasteiger partial charge in [0.25, 0.3) is 5.91 Å². The fourth-order valence-electron chi connectivity index (χ4n) is 3.02. The maximum atomic E-state index is 12.4. The maximum absolute atomic E-state index is 12.4. The molecule has 0 atom stereocenters. The fraction of sp³-hybridized carbons (Fsp3) is 0.348. The van der Waals surface area contributed by atoms with E-state index in [1.54, 1.807) is 23.7 Å². The molecule has 0 saturated heterocycles. The second kappa shape index (κ2) is 10.7. The summed E-state index contributed by atoms with van der Waals surface area (Å²) in [5.41, 5.74) is 3.91. The Bertz CT molecular complexity index is 893. The number of amides is 1. The van der Waals surface area contributed by atoms with E-state index in [0.717, 1.165) is 41.3 Å². The summed E-state index contributed by atoms with van der Waals surface area (Å²) in [7, 11) is 2.09. The molecule has 0 fully saturated rings. The van der Waals surface area contributed by atoms with Crippen LogP contribution in [0.2, 0.25) is 0 Å². The number of aryl methyl sites for hydroxylation is 1. The Hall–Kier alpha value is -2.73. The highest BCUT2D eigenvalue weighted by atomic mass is 32.1. The highest BCUT2D eigenvalue weighted by molar-refractivity contribution is 7.09. The second-order valence-electron chi connectivity index (χ2n) is 7.04. The van der Waals surface area contributed by atoms with Crippen molar-refractivity contribution in [1.29, 1.82) is 0 Å². The summed E-state index contributed by atoms with van der Waals surface area (Å²) in [6, 6.07) is 11.8. The molecular weight excluding hydrogens is 380 g/mol. The number of carbonyl (C=O) groups is 1. The second-order valence-corrected chi connectivity index (χ2v) is 7.99. The minimum absolute atomic E-state index is 0.0237. The summed E-state index contributed by atoms with van der Waals surface area (Å²) >= 11 is 1.66. The highest BCUT2D eigenvalue weighted by Crippen LogP contribution is 2.21. The van der Waals surface area contributed by atoms with Crippen LogP contribution < -0.4 is 10.2 Å². The van der Waals surface area contributed by atoms with Crippen LogP contribution in [0.3, 0.4) is 0 Å². The molecule has 5 nitrogen and oxygen atoms in total. The van der Waals surface area contributed by atoms with E-state index in [1.165, 1.54) is 12.8 Å². The van der Waals surface area contributed by atoms with Crippen molar-refractivity contribution in [2.24, 2.45) is 0 Å². The first kappa shape index (κ1) is 21.0. The number of hydrogen-bond donors (Lipinski definition) is 1. The van der Waals surface area contributed by atoms with E-state index in [0.29, 0.717) is 12.1 Å². The molecule has 6 heteroatoms. The van der Waals surface area contributed by atoms with Crippen LogP contribution in [0.15, 0.2) is 54.2 Å². The van der Waals surface area contributed by atoms with E-state index in [4.69, 9.17) is 0 Å². The lowest BCUT2D eigenvalue weighted by atomic mass is 10.1. The highest BCUT2D eigenvalue weighted by Gasteiger charge is 2.08. The van der Waals surface area contributed by atoms with Crippen molar-refractivity contribution in [2.75, 3.05) is 25.0 Å². The lowest BCUT2D eigenvalue weighted by Crippen LogP contribution is -2.25. The Labute approximate surface area is 176 Å². The number of rotatable bonds is 10. The first-order valence-corrected chi connectivity index (χ1v) is 11.0. The molecule has 29 heavy (non-hydrogen) atoms. The Kier molecular flexibility index (Phi) is 7.76. The molecule has 2 aromatic heterocycles. The normalized spacial score (nSPS) is 10.7. The van der Waals surface area contributed by atoms with Crippen LogP contribution in [-0.2, 0) is 6.42 Å². The van der Waals surface area contributed by atoms with Gasteiger partial charge in [-0.3, -0.25) is 9.78 Å². The number of anilines is 1. The lowest BCUT2D eigenvalue weighted by Gasteiger charge is -2.19. The number of hydrogen-bond acceptors (Lipinski definition) is 5. The summed E-state index contributed by atoms with van der Waals surface area (Å²) < 4.78 is 0. The molecule has 1 amide bonds. The lowest BCUT2D eigenvalue weighted by molar-refractivity contribution is 0.0953. The predicted molar refractivity (Wildman–Crippen MR) is 121 cm³/mol. The van der Waals surface area contributed by atoms with Crippen LogP contribution in [0.1, 0.15) is 41.6 Å². The van der Waals surface area contributed by atoms with Crippen LogP contribution >= 0.6 is 11.3 Å². The zero-order chi connectivity index (χ0) is 20.5. The first-order valence-electron chi connectivity index (χ1n) is 10.1. The molecule has 3 aromatic rings. The molecule has 0 aliphatic heterocycles. The van der Waals surface area contributed by atoms with Crippen molar-refractivity contribution < 1.29 is 4.79 Å². The predicted octanol–water partition coefficient (Wildman–Crippen LogP) is 4.80. The van der Waals surface area contributed by atoms with E-state index in [1.807, 2.05) is 36.4 Å². The third-order valence-corrected chi connectivity index (χ3v) is 5.71. The van der Waals surface area contributed by atoms with Crippen molar-refractivity contribution in [3.63, 3.8) is 0 Å². The van der Waals surface area contributed by atoms with Crippen molar-refractivity contribution in [3.8, 4) is 11.3 Å². The zero-order valence-corrected chi connectivity index (χ0v) is 17.9. The number of carbonyl (C=O) groups excluding carboxylic acids is 1. The molecule has 0 radical (unpaired) electrons. The quantitative estimate of drug-likeness (QED) is 0.489. The fourth-order valence-corrected chi connectivity index (χ4v) is 3.87. The van der Waals surface area contributed by atoms with Crippen LogP contribution in [0.25, 0.3) is 11.3 Å². The van der Waals surface area contributed by atoms with Crippen LogP contribution in [0.4, 0.5) is 5.69 Å². The molecule has 1 N–H and O–H groups in total. The maximum Gasteiger partial charge on any atom is 0.251 e. The third kappa shape index (κ3) is 6.12. The smallest absolute Gasteiger partial charge is 0.251 e. The van der Waals surface area contributed by atoms with Gasteiger partial charge >= 0.3 is 0 Å². The molecule has 0 spiro atoms. The Morgan fingerprint density at radius 2 is 1.86 bits per heavy atom. The molecule has 0 aliphatic carbocycles. The van der Waals surface area contributed by atoms with E-state index in [-0.39, 0.29) is 5.91 Å². The number of nitrogens with one attached hydrogen (secondary N) is 1. The summed E-state index contributed by atoms with van der Waals surface area (Å²) in [6.07, 6.45) is 7.63. The largest absolute Gasteiger partial charge is 0.375 e. The van der Waals surface area contributed by atoms with Crippen LogP contribution in [-0.4, -0.2) is 36.0 Å². The van der Waals surface area contributed by atoms with Gasteiger partial charge in [-0.1, -0.05) is 13.3 Å². The minimum atomic E-state index is -0.0237. The molecule has 152 valence electrons. The van der Waals surface area contributed by atoms with Crippen molar-refractivity contribution >= 4 is 22.9 Å². The average Bonchev–Trinajstić information content (AvgIpc) is 3.24. The monoisotopic (exact) mass is 408 g/mol. The van der Waals surface area contributed by atoms with E-state index in [2.05, 4.69) is 39.5 Å². The Balaban J connectivity index is 1.42. The van der Waals surface area contributed by atoms with Crippen molar-refractivity contribution in [1.82, 2.24) is 15.3 Å². The SMILES string of the molecule is CCCCN(C)c1ccc(C(=O)NCCCc2nc(-c3ccncc3)cs2)cc1. The van der Waals surface area contributed by atoms with Crippen LogP contribution in [0.5, 0.6) is 0 Å². The molecule has 1 aromatic carbocycles. The van der Waals surface area contributed by atoms with E-state index < -0.39 is 0 Å². The summed E-state index contributed by atoms with van der Waals surface area (Å²) in [5.74, 6) is -0.0237. The molecule has 0 bridgehead atoms. The topological polar surface area (TPSA) is 58.1 Å². The molecule has 0 aliphatic rings. The average molecular weight is 409 g/mol. The van der Waals surface area contributed by atoms with Gasteiger partial charge in [-0.05, 0) is 49.2 Å². The van der Waals surface area contributed by atoms with Gasteiger partial charge in [-0.25, -0.2) is 4.98 Å². The van der Waals surface area contributed by atoms with Gasteiger partial charge in [-0.15, -0.1) is 11.3 Å². The molecule has 3 rings (SSSR count). The van der Waals surface area contributed by atoms with Gasteiger partial charge in [0, 0.05) is 61.1 Å². The van der Waals surface area contributed by atoms with Gasteiger partial charge in [0.15, 0.2) is 0 Å². The summed E-state index contributed by atoms with van der Waals surface area (Å²) in [6.45, 7) is 3.86. The standard InChI is InChI=1S/C23H28N4OS/c1-3-4-16-27(2)20-9-7-19(8-10-20)23(28)25-13-5-6-22-26-21(17-29-22)18-11-14-24-15-12-18/h7-12,14-15,17H,3-6,13,16H2,1-2H3,(H,25,28). The molecule has 0 unspecified atom stereocenters. The van der Waals surface area contributed by atoms with E-state index in [9.17, 15) is 4.79 Å². The Morgan fingerprint density at radius 3 is 2.59 bits per heavy atom. The molecule has 0 saturated carbocycles. The van der Waals surface area contributed by atoms with Crippen molar-refractivity contribution in [2.45, 2.75) is 32.6 Å². The first-order chi connectivity index (χ1) is 14.2. The number of pyridine rings is 1. The number of thiazole rings is 1. The van der Waals surface area contributed by atoms with Gasteiger partial charge < -0.3 is 10.2 Å².